The third-order valence-electron chi connectivity index (χ3n) is 4.72. The molecule has 134 valence electrons. The summed E-state index contributed by atoms with van der Waals surface area (Å²) in [5.74, 6) is -0.0165. The van der Waals surface area contributed by atoms with Crippen molar-refractivity contribution >= 4 is 28.6 Å². The number of alkyl halides is 2. The van der Waals surface area contributed by atoms with Crippen LogP contribution in [-0.4, -0.2) is 50.8 Å². The quantitative estimate of drug-likeness (QED) is 0.698. The van der Waals surface area contributed by atoms with Crippen molar-refractivity contribution in [3.8, 4) is 5.95 Å². The third-order valence-corrected chi connectivity index (χ3v) is 4.89. The Kier molecular flexibility index (Phi) is 3.38. The van der Waals surface area contributed by atoms with Crippen molar-refractivity contribution < 1.29 is 13.5 Å². The molecule has 0 amide bonds. The highest BCUT2D eigenvalue weighted by atomic mass is 35.5. The summed E-state index contributed by atoms with van der Waals surface area (Å²) in [4.78, 5) is 18.6. The number of rotatable bonds is 3. The van der Waals surface area contributed by atoms with E-state index in [9.17, 15) is 8.78 Å². The van der Waals surface area contributed by atoms with Crippen LogP contribution >= 0.6 is 11.6 Å². The van der Waals surface area contributed by atoms with Crippen LogP contribution in [0.5, 0.6) is 0 Å². The van der Waals surface area contributed by atoms with E-state index in [1.165, 1.54) is 4.57 Å². The summed E-state index contributed by atoms with van der Waals surface area (Å²) in [5, 5.41) is -0.0474. The zero-order chi connectivity index (χ0) is 17.9. The number of imidazole rings is 1. The van der Waals surface area contributed by atoms with Crippen LogP contribution in [0.1, 0.15) is 12.2 Å². The van der Waals surface area contributed by atoms with Gasteiger partial charge < -0.3 is 9.64 Å². The van der Waals surface area contributed by atoms with Gasteiger partial charge in [-0.15, -0.1) is 0 Å². The number of para-hydroxylation sites is 2. The lowest BCUT2D eigenvalue weighted by Gasteiger charge is -2.54. The Hall–Kier alpha value is -2.39. The minimum absolute atomic E-state index is 0.0369. The van der Waals surface area contributed by atoms with E-state index in [0.717, 1.165) is 26.3 Å². The number of halogens is 3. The van der Waals surface area contributed by atoms with Crippen molar-refractivity contribution in [3.05, 3.63) is 35.4 Å². The number of hydrogen-bond donors (Lipinski definition) is 0. The minimum atomic E-state index is -2.78. The molecule has 3 aromatic rings. The molecule has 26 heavy (non-hydrogen) atoms. The molecule has 0 radical (unpaired) electrons. The molecular weight excluding hydrogens is 366 g/mol. The first-order valence-electron chi connectivity index (χ1n) is 8.05. The van der Waals surface area contributed by atoms with Gasteiger partial charge in [-0.25, -0.2) is 13.8 Å². The lowest BCUT2D eigenvalue weighted by molar-refractivity contribution is -0.127. The second-order valence-electron chi connectivity index (χ2n) is 6.65. The minimum Gasteiger partial charge on any atom is -0.380 e. The molecule has 2 aliphatic heterocycles. The molecule has 2 aliphatic rings. The standard InChI is InChI=1S/C16H13ClF2N6O/c17-13-21-14(24-5-16(6-24)7-26-8-16)23-15(22-13)25-10-4-2-1-3-9(10)20-12(25)11(18)19/h1-4,11H,5-8H2. The number of hydrogen-bond acceptors (Lipinski definition) is 6. The molecular formula is C16H13ClF2N6O. The zero-order valence-electron chi connectivity index (χ0n) is 13.4. The Balaban J connectivity index is 1.60. The van der Waals surface area contributed by atoms with E-state index in [-0.39, 0.29) is 16.6 Å². The molecule has 2 aromatic heterocycles. The Morgan fingerprint density at radius 3 is 2.46 bits per heavy atom. The van der Waals surface area contributed by atoms with Gasteiger partial charge in [-0.3, -0.25) is 4.57 Å². The van der Waals surface area contributed by atoms with Gasteiger partial charge in [0.25, 0.3) is 6.43 Å². The molecule has 4 heterocycles. The molecule has 0 N–H and O–H groups in total. The lowest BCUT2D eigenvalue weighted by atomic mass is 9.78. The highest BCUT2D eigenvalue weighted by molar-refractivity contribution is 6.28. The van der Waals surface area contributed by atoms with E-state index in [1.807, 2.05) is 4.90 Å². The van der Waals surface area contributed by atoms with Crippen molar-refractivity contribution in [2.45, 2.75) is 6.43 Å². The van der Waals surface area contributed by atoms with Crippen LogP contribution in [0.3, 0.4) is 0 Å². The number of benzene rings is 1. The second-order valence-corrected chi connectivity index (χ2v) is 6.99. The predicted molar refractivity (Wildman–Crippen MR) is 89.9 cm³/mol. The maximum Gasteiger partial charge on any atom is 0.296 e. The van der Waals surface area contributed by atoms with Crippen LogP contribution in [0, 0.1) is 5.41 Å². The van der Waals surface area contributed by atoms with Gasteiger partial charge in [0, 0.05) is 13.1 Å². The average molecular weight is 379 g/mol. The van der Waals surface area contributed by atoms with Crippen LogP contribution in [0.15, 0.2) is 24.3 Å². The van der Waals surface area contributed by atoms with Crippen molar-refractivity contribution in [1.29, 1.82) is 0 Å². The smallest absolute Gasteiger partial charge is 0.296 e. The first-order chi connectivity index (χ1) is 12.5. The predicted octanol–water partition coefficient (Wildman–Crippen LogP) is 2.64. The van der Waals surface area contributed by atoms with Crippen LogP contribution in [-0.2, 0) is 4.74 Å². The van der Waals surface area contributed by atoms with Gasteiger partial charge >= 0.3 is 0 Å². The van der Waals surface area contributed by atoms with Crippen molar-refractivity contribution in [1.82, 2.24) is 24.5 Å². The van der Waals surface area contributed by atoms with E-state index in [2.05, 4.69) is 19.9 Å². The normalized spacial score (nSPS) is 18.4. The fourth-order valence-electron chi connectivity index (χ4n) is 3.45. The van der Waals surface area contributed by atoms with Gasteiger partial charge in [0.15, 0.2) is 5.82 Å². The molecule has 7 nitrogen and oxygen atoms in total. The molecule has 2 saturated heterocycles. The molecule has 1 aromatic carbocycles. The molecule has 0 unspecified atom stereocenters. The average Bonchev–Trinajstić information content (AvgIpc) is 2.91. The van der Waals surface area contributed by atoms with E-state index < -0.39 is 12.2 Å². The highest BCUT2D eigenvalue weighted by Crippen LogP contribution is 2.39. The summed E-state index contributed by atoms with van der Waals surface area (Å²) in [6, 6.07) is 6.84. The largest absolute Gasteiger partial charge is 0.380 e. The van der Waals surface area contributed by atoms with Gasteiger partial charge in [0.2, 0.25) is 17.2 Å². The fraction of sp³-hybridized carbons (Fsp3) is 0.375. The highest BCUT2D eigenvalue weighted by Gasteiger charge is 2.50. The summed E-state index contributed by atoms with van der Waals surface area (Å²) in [5.41, 5.74) is 1.09. The number of nitrogens with zero attached hydrogens (tertiary/aromatic N) is 6. The van der Waals surface area contributed by atoms with Crippen LogP contribution in [0.4, 0.5) is 14.7 Å². The topological polar surface area (TPSA) is 69.0 Å². The number of anilines is 1. The summed E-state index contributed by atoms with van der Waals surface area (Å²) in [6.45, 7) is 2.94. The second kappa shape index (κ2) is 5.55. The Morgan fingerprint density at radius 1 is 1.04 bits per heavy atom. The molecule has 5 rings (SSSR count). The zero-order valence-corrected chi connectivity index (χ0v) is 14.2. The van der Waals surface area contributed by atoms with Crippen molar-refractivity contribution in [2.24, 2.45) is 5.41 Å². The van der Waals surface area contributed by atoms with Gasteiger partial charge in [0.1, 0.15) is 0 Å². The lowest BCUT2D eigenvalue weighted by Crippen LogP contribution is -2.66. The Morgan fingerprint density at radius 2 is 1.77 bits per heavy atom. The monoisotopic (exact) mass is 378 g/mol. The molecule has 1 spiro atoms. The first-order valence-corrected chi connectivity index (χ1v) is 8.43. The van der Waals surface area contributed by atoms with Crippen LogP contribution in [0.25, 0.3) is 17.0 Å². The summed E-state index contributed by atoms with van der Waals surface area (Å²) in [7, 11) is 0. The van der Waals surface area contributed by atoms with Gasteiger partial charge in [-0.1, -0.05) is 12.1 Å². The van der Waals surface area contributed by atoms with E-state index in [1.54, 1.807) is 24.3 Å². The SMILES string of the molecule is FC(F)c1nc2ccccc2n1-c1nc(Cl)nc(N2CC3(COC3)C2)n1. The maximum absolute atomic E-state index is 13.5. The Bertz CT molecular complexity index is 998. The molecule has 10 heteroatoms. The third kappa shape index (κ3) is 2.34. The fourth-order valence-corrected chi connectivity index (χ4v) is 3.60. The van der Waals surface area contributed by atoms with Crippen molar-refractivity contribution in [2.75, 3.05) is 31.2 Å². The first kappa shape index (κ1) is 15.8. The van der Waals surface area contributed by atoms with Gasteiger partial charge in [-0.2, -0.15) is 15.0 Å². The molecule has 2 fully saturated rings. The Labute approximate surface area is 151 Å². The summed E-state index contributed by atoms with van der Waals surface area (Å²) in [6.07, 6.45) is -2.78. The molecule has 0 atom stereocenters. The molecule has 0 bridgehead atoms. The van der Waals surface area contributed by atoms with Crippen LogP contribution < -0.4 is 4.90 Å². The van der Waals surface area contributed by atoms with Gasteiger partial charge in [-0.05, 0) is 23.7 Å². The van der Waals surface area contributed by atoms with Crippen molar-refractivity contribution in [3.63, 3.8) is 0 Å². The summed E-state index contributed by atoms with van der Waals surface area (Å²) < 4.78 is 33.6. The number of ether oxygens (including phenoxy) is 1. The number of aromatic nitrogens is 5. The molecule has 0 aliphatic carbocycles. The maximum atomic E-state index is 13.5. The summed E-state index contributed by atoms with van der Waals surface area (Å²) >= 11 is 6.06. The molecule has 0 saturated carbocycles. The van der Waals surface area contributed by atoms with E-state index in [4.69, 9.17) is 16.3 Å². The number of fused-ring (bicyclic) bond motifs is 1. The van der Waals surface area contributed by atoms with E-state index in [0.29, 0.717) is 17.0 Å². The van der Waals surface area contributed by atoms with Crippen LogP contribution in [0.2, 0.25) is 5.28 Å². The van der Waals surface area contributed by atoms with E-state index >= 15 is 0 Å². The van der Waals surface area contributed by atoms with Gasteiger partial charge in [0.05, 0.1) is 29.7 Å².